The summed E-state index contributed by atoms with van der Waals surface area (Å²) >= 11 is 0. The smallest absolute Gasteiger partial charge is 0.244 e. The topological polar surface area (TPSA) is 85.8 Å². The molecule has 0 spiro atoms. The van der Waals surface area contributed by atoms with Crippen LogP contribution in [-0.4, -0.2) is 49.0 Å². The molecule has 2 aliphatic heterocycles. The molecule has 4 rings (SSSR count). The first-order valence-electron chi connectivity index (χ1n) is 8.78. The van der Waals surface area contributed by atoms with Gasteiger partial charge in [-0.2, -0.15) is 0 Å². The van der Waals surface area contributed by atoms with Crippen molar-refractivity contribution >= 4 is 17.9 Å². The maximum Gasteiger partial charge on any atom is 0.244 e. The zero-order valence-corrected chi connectivity index (χ0v) is 14.8. The minimum absolute atomic E-state index is 0.195. The first kappa shape index (κ1) is 17.3. The second kappa shape index (κ2) is 8.05. The summed E-state index contributed by atoms with van der Waals surface area (Å²) in [4.78, 5) is 23.0. The van der Waals surface area contributed by atoms with Crippen LogP contribution in [0, 0.1) is 0 Å². The number of hydrogen-bond donors (Lipinski definition) is 1. The summed E-state index contributed by atoms with van der Waals surface area (Å²) in [5, 5.41) is 2.84. The van der Waals surface area contributed by atoms with Crippen molar-refractivity contribution in [3.05, 3.63) is 47.8 Å². The Kier molecular flexibility index (Phi) is 5.15. The van der Waals surface area contributed by atoms with Crippen LogP contribution in [0.15, 0.2) is 36.5 Å². The maximum atomic E-state index is 12.1. The number of ether oxygens (including phenoxy) is 3. The van der Waals surface area contributed by atoms with Crippen LogP contribution < -0.4 is 19.7 Å². The van der Waals surface area contributed by atoms with Gasteiger partial charge in [-0.3, -0.25) is 4.79 Å². The number of nitrogens with one attached hydrogen (secondary N) is 1. The van der Waals surface area contributed by atoms with Crippen LogP contribution in [0.5, 0.6) is 11.5 Å². The van der Waals surface area contributed by atoms with E-state index in [-0.39, 0.29) is 12.7 Å². The number of morpholine rings is 1. The third kappa shape index (κ3) is 4.35. The quantitative estimate of drug-likeness (QED) is 0.798. The van der Waals surface area contributed by atoms with Crippen molar-refractivity contribution in [3.8, 4) is 11.5 Å². The lowest BCUT2D eigenvalue weighted by atomic mass is 10.2. The number of carbonyl (C=O) groups is 1. The zero-order valence-electron chi connectivity index (χ0n) is 14.8. The van der Waals surface area contributed by atoms with Gasteiger partial charge in [0.15, 0.2) is 11.5 Å². The summed E-state index contributed by atoms with van der Waals surface area (Å²) in [5.41, 5.74) is 1.63. The maximum absolute atomic E-state index is 12.1. The monoisotopic (exact) mass is 368 g/mol. The molecule has 0 atom stereocenters. The number of anilines is 1. The minimum atomic E-state index is -0.195. The Bertz CT molecular complexity index is 849. The van der Waals surface area contributed by atoms with Crippen LogP contribution in [0.2, 0.25) is 0 Å². The zero-order chi connectivity index (χ0) is 18.5. The van der Waals surface area contributed by atoms with E-state index in [1.54, 1.807) is 18.3 Å². The molecule has 1 fully saturated rings. The average molecular weight is 368 g/mol. The van der Waals surface area contributed by atoms with Gasteiger partial charge in [0.1, 0.15) is 0 Å². The van der Waals surface area contributed by atoms with Gasteiger partial charge in [-0.15, -0.1) is 0 Å². The van der Waals surface area contributed by atoms with Gasteiger partial charge in [-0.25, -0.2) is 9.97 Å². The molecule has 2 aliphatic rings. The van der Waals surface area contributed by atoms with Crippen molar-refractivity contribution in [2.75, 3.05) is 38.0 Å². The summed E-state index contributed by atoms with van der Waals surface area (Å²) in [6, 6.07) is 7.33. The van der Waals surface area contributed by atoms with Crippen molar-refractivity contribution in [1.29, 1.82) is 0 Å². The predicted molar refractivity (Wildman–Crippen MR) is 98.5 cm³/mol. The van der Waals surface area contributed by atoms with E-state index in [0.717, 1.165) is 30.1 Å². The van der Waals surface area contributed by atoms with Gasteiger partial charge < -0.3 is 24.4 Å². The highest BCUT2D eigenvalue weighted by Gasteiger charge is 2.14. The molecule has 0 aliphatic carbocycles. The molecule has 0 unspecified atom stereocenters. The summed E-state index contributed by atoms with van der Waals surface area (Å²) in [6.45, 7) is 3.46. The third-order valence-corrected chi connectivity index (χ3v) is 4.26. The van der Waals surface area contributed by atoms with E-state index in [1.165, 1.54) is 6.08 Å². The molecule has 27 heavy (non-hydrogen) atoms. The molecule has 3 heterocycles. The van der Waals surface area contributed by atoms with Gasteiger partial charge in [0.05, 0.1) is 25.5 Å². The normalized spacial score (nSPS) is 15.9. The molecule has 0 radical (unpaired) electrons. The molecule has 0 saturated carbocycles. The second-order valence-corrected chi connectivity index (χ2v) is 6.11. The summed E-state index contributed by atoms with van der Waals surface area (Å²) < 4.78 is 15.9. The van der Waals surface area contributed by atoms with Crippen molar-refractivity contribution in [1.82, 2.24) is 15.3 Å². The lowest BCUT2D eigenvalue weighted by Crippen LogP contribution is -2.37. The second-order valence-electron chi connectivity index (χ2n) is 6.11. The van der Waals surface area contributed by atoms with Crippen LogP contribution in [0.4, 0.5) is 5.95 Å². The van der Waals surface area contributed by atoms with E-state index in [9.17, 15) is 4.79 Å². The molecule has 140 valence electrons. The van der Waals surface area contributed by atoms with Crippen LogP contribution in [-0.2, 0) is 16.1 Å². The van der Waals surface area contributed by atoms with Crippen LogP contribution in [0.25, 0.3) is 6.08 Å². The van der Waals surface area contributed by atoms with Crippen LogP contribution in [0.1, 0.15) is 11.3 Å². The first-order chi connectivity index (χ1) is 13.3. The van der Waals surface area contributed by atoms with Crippen molar-refractivity contribution in [3.63, 3.8) is 0 Å². The lowest BCUT2D eigenvalue weighted by molar-refractivity contribution is -0.116. The van der Waals surface area contributed by atoms with Crippen LogP contribution >= 0.6 is 0 Å². The molecular weight excluding hydrogens is 348 g/mol. The lowest BCUT2D eigenvalue weighted by Gasteiger charge is -2.26. The fourth-order valence-electron chi connectivity index (χ4n) is 2.82. The van der Waals surface area contributed by atoms with E-state index in [2.05, 4.69) is 20.2 Å². The molecule has 8 nitrogen and oxygen atoms in total. The number of amides is 1. The molecule has 1 aromatic carbocycles. The van der Waals surface area contributed by atoms with Crippen LogP contribution in [0.3, 0.4) is 0 Å². The summed E-state index contributed by atoms with van der Waals surface area (Å²) in [7, 11) is 0. The SMILES string of the molecule is O=C(/C=C/c1ccc2c(c1)OCO2)NCc1ccnc(N2CCOCC2)n1. The minimum Gasteiger partial charge on any atom is -0.454 e. The number of fused-ring (bicyclic) bond motifs is 1. The van der Waals surface area contributed by atoms with Gasteiger partial charge in [0.25, 0.3) is 0 Å². The molecule has 1 N–H and O–H groups in total. The fourth-order valence-corrected chi connectivity index (χ4v) is 2.82. The molecule has 0 bridgehead atoms. The van der Waals surface area contributed by atoms with Crippen molar-refractivity contribution in [2.45, 2.75) is 6.54 Å². The average Bonchev–Trinajstić information content (AvgIpc) is 3.19. The Morgan fingerprint density at radius 3 is 2.93 bits per heavy atom. The van der Waals surface area contributed by atoms with Gasteiger partial charge in [-0.1, -0.05) is 6.07 Å². The van der Waals surface area contributed by atoms with E-state index < -0.39 is 0 Å². The number of aromatic nitrogens is 2. The Balaban J connectivity index is 1.32. The van der Waals surface area contributed by atoms with Crippen molar-refractivity contribution < 1.29 is 19.0 Å². The predicted octanol–water partition coefficient (Wildman–Crippen LogP) is 1.37. The van der Waals surface area contributed by atoms with E-state index in [0.29, 0.717) is 31.5 Å². The van der Waals surface area contributed by atoms with E-state index in [1.807, 2.05) is 18.2 Å². The molecule has 2 aromatic rings. The van der Waals surface area contributed by atoms with Crippen molar-refractivity contribution in [2.24, 2.45) is 0 Å². The highest BCUT2D eigenvalue weighted by atomic mass is 16.7. The number of nitrogens with zero attached hydrogens (tertiary/aromatic N) is 3. The van der Waals surface area contributed by atoms with E-state index in [4.69, 9.17) is 14.2 Å². The van der Waals surface area contributed by atoms with E-state index >= 15 is 0 Å². The largest absolute Gasteiger partial charge is 0.454 e. The summed E-state index contributed by atoms with van der Waals surface area (Å²) in [5.74, 6) is 1.88. The molecular formula is C19H20N4O4. The Hall–Kier alpha value is -3.13. The first-order valence-corrected chi connectivity index (χ1v) is 8.78. The number of carbonyl (C=O) groups excluding carboxylic acids is 1. The Morgan fingerprint density at radius 2 is 2.04 bits per heavy atom. The molecule has 8 heteroatoms. The highest BCUT2D eigenvalue weighted by Crippen LogP contribution is 2.32. The highest BCUT2D eigenvalue weighted by molar-refractivity contribution is 5.91. The fraction of sp³-hybridized carbons (Fsp3) is 0.316. The van der Waals surface area contributed by atoms with Gasteiger partial charge in [-0.05, 0) is 29.8 Å². The molecule has 1 aromatic heterocycles. The Morgan fingerprint density at radius 1 is 1.19 bits per heavy atom. The van der Waals surface area contributed by atoms with Gasteiger partial charge >= 0.3 is 0 Å². The number of benzene rings is 1. The standard InChI is InChI=1S/C19H20N4O4/c24-18(4-2-14-1-3-16-17(11-14)27-13-26-16)21-12-15-5-6-20-19(22-15)23-7-9-25-10-8-23/h1-6,11H,7-10,12-13H2,(H,21,24)/b4-2+. The number of rotatable bonds is 5. The third-order valence-electron chi connectivity index (χ3n) is 4.26. The van der Waals surface area contributed by atoms with Gasteiger partial charge in [0.2, 0.25) is 18.6 Å². The molecule has 1 amide bonds. The summed E-state index contributed by atoms with van der Waals surface area (Å²) in [6.07, 6.45) is 4.93. The molecule has 1 saturated heterocycles. The number of hydrogen-bond acceptors (Lipinski definition) is 7. The Labute approximate surface area is 156 Å². The van der Waals surface area contributed by atoms with Gasteiger partial charge in [0, 0.05) is 25.4 Å².